The second-order valence-electron chi connectivity index (χ2n) is 10.1. The number of rotatable bonds is 6. The van der Waals surface area contributed by atoms with Gasteiger partial charge in [-0.15, -0.1) is 0 Å². The Kier molecular flexibility index (Phi) is 8.30. The third kappa shape index (κ3) is 5.37. The Bertz CT molecular complexity index is 1470. The molecule has 3 heterocycles. The minimum absolute atomic E-state index is 0.147. The molecule has 2 fully saturated rings. The number of hydrogen-bond donors (Lipinski definition) is 9. The maximum Gasteiger partial charge on any atom is 0.239 e. The molecule has 2 aliphatic rings. The van der Waals surface area contributed by atoms with Crippen LogP contribution in [0.1, 0.15) is 6.92 Å². The van der Waals surface area contributed by atoms with E-state index in [4.69, 9.17) is 23.4 Å². The van der Waals surface area contributed by atoms with Gasteiger partial charge >= 0.3 is 0 Å². The fraction of sp³-hybridized carbons (Fsp3) is 0.444. The van der Waals surface area contributed by atoms with E-state index in [1.54, 1.807) is 0 Å². The van der Waals surface area contributed by atoms with Gasteiger partial charge in [0.25, 0.3) is 0 Å². The van der Waals surface area contributed by atoms with Crippen molar-refractivity contribution in [1.29, 1.82) is 0 Å². The fourth-order valence-corrected chi connectivity index (χ4v) is 4.78. The average Bonchev–Trinajstić information content (AvgIpc) is 2.96. The minimum atomic E-state index is -1.87. The largest absolute Gasteiger partial charge is 0.508 e. The maximum absolute atomic E-state index is 13.5. The number of aliphatic hydroxyl groups excluding tert-OH is 7. The van der Waals surface area contributed by atoms with Crippen molar-refractivity contribution in [2.75, 3.05) is 6.61 Å². The minimum Gasteiger partial charge on any atom is -0.508 e. The predicted octanol–water partition coefficient (Wildman–Crippen LogP) is -1.74. The number of benzene rings is 2. The average molecular weight is 595 g/mol. The molecule has 228 valence electrons. The van der Waals surface area contributed by atoms with Gasteiger partial charge in [-0.2, -0.15) is 0 Å². The first kappa shape index (κ1) is 30.0. The molecule has 0 radical (unpaired) electrons. The van der Waals surface area contributed by atoms with Crippen molar-refractivity contribution in [3.05, 3.63) is 46.6 Å². The lowest BCUT2D eigenvalue weighted by Crippen LogP contribution is -2.60. The molecule has 0 bridgehead atoms. The molecule has 1 aromatic heterocycles. The molecule has 2 aromatic carbocycles. The number of aromatic hydroxyl groups is 2. The number of fused-ring (bicyclic) bond motifs is 1. The van der Waals surface area contributed by atoms with Crippen LogP contribution in [-0.2, 0) is 9.47 Å². The van der Waals surface area contributed by atoms with E-state index in [1.807, 2.05) is 0 Å². The lowest BCUT2D eigenvalue weighted by Gasteiger charge is -2.39. The number of ether oxygens (including phenoxy) is 4. The molecule has 0 amide bonds. The summed E-state index contributed by atoms with van der Waals surface area (Å²) in [6, 6.07) is 7.60. The van der Waals surface area contributed by atoms with Crippen molar-refractivity contribution in [2.24, 2.45) is 0 Å². The van der Waals surface area contributed by atoms with E-state index in [9.17, 15) is 50.8 Å². The van der Waals surface area contributed by atoms with Crippen LogP contribution in [0.2, 0.25) is 0 Å². The van der Waals surface area contributed by atoms with Gasteiger partial charge in [-0.25, -0.2) is 0 Å². The first-order valence-corrected chi connectivity index (χ1v) is 12.9. The van der Waals surface area contributed by atoms with E-state index in [-0.39, 0.29) is 28.0 Å². The van der Waals surface area contributed by atoms with E-state index in [1.165, 1.54) is 31.2 Å². The molecule has 9 N–H and O–H groups in total. The number of phenolic OH excluding ortho intramolecular Hbond substituents is 2. The molecule has 3 aromatic rings. The molecule has 15 heteroatoms. The van der Waals surface area contributed by atoms with E-state index < -0.39 is 90.7 Å². The molecular formula is C27H30O15. The second-order valence-corrected chi connectivity index (χ2v) is 10.1. The topological polar surface area (TPSA) is 249 Å². The molecule has 15 nitrogen and oxygen atoms in total. The molecule has 5 rings (SSSR count). The summed E-state index contributed by atoms with van der Waals surface area (Å²) in [6.45, 7) is 0.743. The number of hydrogen-bond acceptors (Lipinski definition) is 15. The summed E-state index contributed by atoms with van der Waals surface area (Å²) < 4.78 is 27.9. The second kappa shape index (κ2) is 11.6. The summed E-state index contributed by atoms with van der Waals surface area (Å²) in [4.78, 5) is 13.5. The highest BCUT2D eigenvalue weighted by Crippen LogP contribution is 2.38. The van der Waals surface area contributed by atoms with E-state index in [0.29, 0.717) is 0 Å². The zero-order valence-corrected chi connectivity index (χ0v) is 21.9. The maximum atomic E-state index is 13.5. The van der Waals surface area contributed by atoms with E-state index in [0.717, 1.165) is 12.1 Å². The molecule has 10 atom stereocenters. The molecule has 2 aliphatic heterocycles. The Labute approximate surface area is 236 Å². The fourth-order valence-electron chi connectivity index (χ4n) is 4.78. The van der Waals surface area contributed by atoms with Crippen molar-refractivity contribution in [3.8, 4) is 34.3 Å². The summed E-state index contributed by atoms with van der Waals surface area (Å²) in [6.07, 6.45) is -15.0. The van der Waals surface area contributed by atoms with Crippen LogP contribution in [0.4, 0.5) is 0 Å². The molecular weight excluding hydrogens is 564 g/mol. The molecule has 0 spiro atoms. The Morgan fingerprint density at radius 1 is 0.786 bits per heavy atom. The lowest BCUT2D eigenvalue weighted by atomic mass is 9.99. The van der Waals surface area contributed by atoms with Crippen LogP contribution in [-0.4, -0.2) is 114 Å². The third-order valence-electron chi connectivity index (χ3n) is 7.18. The highest BCUT2D eigenvalue weighted by Gasteiger charge is 2.46. The van der Waals surface area contributed by atoms with Gasteiger partial charge in [0.1, 0.15) is 70.9 Å². The van der Waals surface area contributed by atoms with Crippen molar-refractivity contribution in [1.82, 2.24) is 0 Å². The molecule has 42 heavy (non-hydrogen) atoms. The van der Waals surface area contributed by atoms with Crippen LogP contribution in [0.15, 0.2) is 45.6 Å². The molecule has 2 saturated heterocycles. The van der Waals surface area contributed by atoms with Crippen LogP contribution in [0.3, 0.4) is 0 Å². The summed E-state index contributed by atoms with van der Waals surface area (Å²) in [5.41, 5.74) is -0.992. The lowest BCUT2D eigenvalue weighted by molar-refractivity contribution is -0.277. The van der Waals surface area contributed by atoms with Gasteiger partial charge in [0.05, 0.1) is 12.7 Å². The predicted molar refractivity (Wildman–Crippen MR) is 139 cm³/mol. The van der Waals surface area contributed by atoms with Crippen LogP contribution in [0.25, 0.3) is 22.3 Å². The van der Waals surface area contributed by atoms with Crippen LogP contribution in [0, 0.1) is 0 Å². The monoisotopic (exact) mass is 594 g/mol. The Hall–Kier alpha value is -3.51. The van der Waals surface area contributed by atoms with Crippen molar-refractivity contribution in [2.45, 2.75) is 68.3 Å². The summed E-state index contributed by atoms with van der Waals surface area (Å²) in [7, 11) is 0. The van der Waals surface area contributed by atoms with E-state index >= 15 is 0 Å². The van der Waals surface area contributed by atoms with Gasteiger partial charge in [0.2, 0.25) is 23.8 Å². The Morgan fingerprint density at radius 2 is 1.40 bits per heavy atom. The smallest absolute Gasteiger partial charge is 0.239 e. The first-order valence-electron chi connectivity index (χ1n) is 12.9. The van der Waals surface area contributed by atoms with Crippen LogP contribution >= 0.6 is 0 Å². The Balaban J connectivity index is 1.52. The SMILES string of the molecule is C[C@@H]1O[C@@H](Oc2ccc(-c3oc4cc(O)cc(O)c4c(=O)c3O[C@@H]3O[C@H](CO)[C@@H](O)[C@H](O)[C@H]3O)cc2)[C@H](O)[C@H](O)[C@H]1O. The zero-order chi connectivity index (χ0) is 30.5. The summed E-state index contributed by atoms with van der Waals surface area (Å²) >= 11 is 0. The standard InChI is InChI=1S/C27H30O15/c1-9-17(31)20(34)22(36)26(38-9)39-12-4-2-10(3-5-12)24-25(19(33)16-13(30)6-11(29)7-14(16)40-24)42-27-23(37)21(35)18(32)15(8-28)41-27/h2-7,9,15,17-18,20-23,26-32,34-37H,8H2,1H3/t9-,15+,17-,18+,20+,21-,22+,23+,26-,27-/m0/s1. The number of phenols is 2. The van der Waals surface area contributed by atoms with Gasteiger partial charge in [-0.1, -0.05) is 0 Å². The zero-order valence-electron chi connectivity index (χ0n) is 21.9. The normalized spacial score (nSPS) is 33.4. The van der Waals surface area contributed by atoms with Crippen LogP contribution in [0.5, 0.6) is 23.0 Å². The van der Waals surface area contributed by atoms with Gasteiger partial charge in [-0.3, -0.25) is 4.79 Å². The van der Waals surface area contributed by atoms with Crippen molar-refractivity contribution < 1.29 is 69.3 Å². The quantitative estimate of drug-likeness (QED) is 0.154. The summed E-state index contributed by atoms with van der Waals surface area (Å²) in [5, 5.41) is 90.3. The van der Waals surface area contributed by atoms with Crippen LogP contribution < -0.4 is 14.9 Å². The van der Waals surface area contributed by atoms with Gasteiger partial charge in [-0.05, 0) is 31.2 Å². The van der Waals surface area contributed by atoms with Gasteiger partial charge < -0.3 is 69.3 Å². The molecule has 0 saturated carbocycles. The van der Waals surface area contributed by atoms with Gasteiger partial charge in [0, 0.05) is 17.7 Å². The van der Waals surface area contributed by atoms with E-state index in [2.05, 4.69) is 0 Å². The Morgan fingerprint density at radius 3 is 2.05 bits per heavy atom. The first-order chi connectivity index (χ1) is 19.9. The highest BCUT2D eigenvalue weighted by atomic mass is 16.7. The third-order valence-corrected chi connectivity index (χ3v) is 7.18. The van der Waals surface area contributed by atoms with Crippen molar-refractivity contribution >= 4 is 11.0 Å². The number of aliphatic hydroxyl groups is 7. The summed E-state index contributed by atoms with van der Waals surface area (Å²) in [5.74, 6) is -1.75. The molecule has 0 unspecified atom stereocenters. The highest BCUT2D eigenvalue weighted by molar-refractivity contribution is 5.88. The van der Waals surface area contributed by atoms with Gasteiger partial charge in [0.15, 0.2) is 5.76 Å². The molecule has 0 aliphatic carbocycles. The van der Waals surface area contributed by atoms with Crippen molar-refractivity contribution in [3.63, 3.8) is 0 Å².